The molecule has 0 saturated carbocycles. The smallest absolute Gasteiger partial charge is 0.240 e. The van der Waals surface area contributed by atoms with Crippen LogP contribution in [0, 0.1) is 0 Å². The molecule has 2 amide bonds. The summed E-state index contributed by atoms with van der Waals surface area (Å²) in [5.41, 5.74) is 10.6. The first-order chi connectivity index (χ1) is 8.69. The molecule has 9 heteroatoms. The van der Waals surface area contributed by atoms with Gasteiger partial charge in [-0.25, -0.2) is 13.1 Å². The SMILES string of the molecule is CS(=O)(=O)NC1CCN(C(=O)C(N)CC(N)=O)CC1. The van der Waals surface area contributed by atoms with Crippen LogP contribution in [0.3, 0.4) is 0 Å². The lowest BCUT2D eigenvalue weighted by Gasteiger charge is -2.33. The fourth-order valence-electron chi connectivity index (χ4n) is 2.06. The second kappa shape index (κ2) is 6.31. The lowest BCUT2D eigenvalue weighted by molar-refractivity contribution is -0.135. The van der Waals surface area contributed by atoms with Gasteiger partial charge in [-0.05, 0) is 12.8 Å². The van der Waals surface area contributed by atoms with Crippen LogP contribution >= 0.6 is 0 Å². The molecule has 0 aliphatic carbocycles. The topological polar surface area (TPSA) is 136 Å². The Morgan fingerprint density at radius 2 is 1.89 bits per heavy atom. The Balaban J connectivity index is 2.45. The number of nitrogens with one attached hydrogen (secondary N) is 1. The van der Waals surface area contributed by atoms with Gasteiger partial charge in [-0.2, -0.15) is 0 Å². The molecule has 1 atom stereocenters. The van der Waals surface area contributed by atoms with Crippen LogP contribution < -0.4 is 16.2 Å². The van der Waals surface area contributed by atoms with Gasteiger partial charge in [-0.15, -0.1) is 0 Å². The fourth-order valence-corrected chi connectivity index (χ4v) is 2.90. The first kappa shape index (κ1) is 15.9. The zero-order valence-electron chi connectivity index (χ0n) is 10.8. The van der Waals surface area contributed by atoms with E-state index in [9.17, 15) is 18.0 Å². The molecule has 8 nitrogen and oxygen atoms in total. The van der Waals surface area contributed by atoms with E-state index < -0.39 is 22.0 Å². The van der Waals surface area contributed by atoms with Crippen LogP contribution in [0.4, 0.5) is 0 Å². The Bertz CT molecular complexity index is 442. The zero-order valence-corrected chi connectivity index (χ0v) is 11.6. The van der Waals surface area contributed by atoms with E-state index >= 15 is 0 Å². The van der Waals surface area contributed by atoms with Crippen molar-refractivity contribution in [3.05, 3.63) is 0 Å². The van der Waals surface area contributed by atoms with Crippen molar-refractivity contribution in [1.29, 1.82) is 0 Å². The van der Waals surface area contributed by atoms with Gasteiger partial charge in [0.25, 0.3) is 0 Å². The minimum absolute atomic E-state index is 0.161. The highest BCUT2D eigenvalue weighted by Crippen LogP contribution is 2.12. The summed E-state index contributed by atoms with van der Waals surface area (Å²) in [6.07, 6.45) is 1.98. The monoisotopic (exact) mass is 292 g/mol. The Morgan fingerprint density at radius 1 is 1.37 bits per heavy atom. The van der Waals surface area contributed by atoms with Crippen LogP contribution in [0.5, 0.6) is 0 Å². The van der Waals surface area contributed by atoms with E-state index in [2.05, 4.69) is 4.72 Å². The van der Waals surface area contributed by atoms with Crippen LogP contribution in [0.15, 0.2) is 0 Å². The molecule has 0 aromatic heterocycles. The summed E-state index contributed by atoms with van der Waals surface area (Å²) in [5.74, 6) is -0.939. The fraction of sp³-hybridized carbons (Fsp3) is 0.800. The molecule has 1 saturated heterocycles. The minimum atomic E-state index is -3.23. The number of piperidine rings is 1. The number of carbonyl (C=O) groups excluding carboxylic acids is 2. The number of hydrogen-bond donors (Lipinski definition) is 3. The molecular weight excluding hydrogens is 272 g/mol. The second-order valence-corrected chi connectivity index (χ2v) is 6.55. The van der Waals surface area contributed by atoms with E-state index in [1.807, 2.05) is 0 Å². The number of amides is 2. The van der Waals surface area contributed by atoms with Gasteiger partial charge in [-0.1, -0.05) is 0 Å². The Labute approximate surface area is 112 Å². The molecule has 5 N–H and O–H groups in total. The van der Waals surface area contributed by atoms with E-state index in [0.29, 0.717) is 25.9 Å². The van der Waals surface area contributed by atoms with Crippen LogP contribution in [0.2, 0.25) is 0 Å². The molecule has 19 heavy (non-hydrogen) atoms. The summed E-state index contributed by atoms with van der Waals surface area (Å²) in [6, 6.07) is -1.08. The molecule has 110 valence electrons. The molecular formula is C10H20N4O4S. The minimum Gasteiger partial charge on any atom is -0.370 e. The second-order valence-electron chi connectivity index (χ2n) is 4.77. The molecule has 1 aliphatic heterocycles. The number of likely N-dealkylation sites (tertiary alicyclic amines) is 1. The van der Waals surface area contributed by atoms with Crippen LogP contribution in [0.1, 0.15) is 19.3 Å². The quantitative estimate of drug-likeness (QED) is 0.525. The van der Waals surface area contributed by atoms with Crippen molar-refractivity contribution in [2.45, 2.75) is 31.3 Å². The molecule has 1 unspecified atom stereocenters. The molecule has 0 aromatic rings. The van der Waals surface area contributed by atoms with Crippen molar-refractivity contribution in [3.8, 4) is 0 Å². The highest BCUT2D eigenvalue weighted by molar-refractivity contribution is 7.88. The lowest BCUT2D eigenvalue weighted by Crippen LogP contribution is -2.51. The standard InChI is InChI=1S/C10H20N4O4S/c1-19(17,18)13-7-2-4-14(5-3-7)10(16)8(11)6-9(12)15/h7-8,13H,2-6,11H2,1H3,(H2,12,15). The average Bonchev–Trinajstić information content (AvgIpc) is 2.26. The van der Waals surface area contributed by atoms with Gasteiger partial charge in [0.05, 0.1) is 18.7 Å². The first-order valence-electron chi connectivity index (χ1n) is 5.99. The highest BCUT2D eigenvalue weighted by atomic mass is 32.2. The molecule has 1 fully saturated rings. The largest absolute Gasteiger partial charge is 0.370 e. The van der Waals surface area contributed by atoms with Crippen LogP contribution in [0.25, 0.3) is 0 Å². The van der Waals surface area contributed by atoms with E-state index in [1.165, 1.54) is 4.90 Å². The number of primary amides is 1. The third-order valence-electron chi connectivity index (χ3n) is 2.93. The molecule has 0 aromatic carbocycles. The van der Waals surface area contributed by atoms with Crippen molar-refractivity contribution in [3.63, 3.8) is 0 Å². The van der Waals surface area contributed by atoms with Crippen molar-refractivity contribution < 1.29 is 18.0 Å². The van der Waals surface area contributed by atoms with E-state index in [1.54, 1.807) is 0 Å². The number of hydrogen-bond acceptors (Lipinski definition) is 5. The summed E-state index contributed by atoms with van der Waals surface area (Å²) in [7, 11) is -3.23. The van der Waals surface area contributed by atoms with Gasteiger partial charge >= 0.3 is 0 Å². The van der Waals surface area contributed by atoms with E-state index in [0.717, 1.165) is 6.26 Å². The summed E-state index contributed by atoms with van der Waals surface area (Å²) in [4.78, 5) is 24.1. The summed E-state index contributed by atoms with van der Waals surface area (Å²) in [6.45, 7) is 0.830. The maximum Gasteiger partial charge on any atom is 0.240 e. The Hall–Kier alpha value is -1.19. The van der Waals surface area contributed by atoms with Gasteiger partial charge in [0.1, 0.15) is 0 Å². The molecule has 0 bridgehead atoms. The lowest BCUT2D eigenvalue weighted by atomic mass is 10.0. The Kier molecular flexibility index (Phi) is 5.27. The number of sulfonamides is 1. The third kappa shape index (κ3) is 5.53. The summed E-state index contributed by atoms with van der Waals surface area (Å²) < 4.78 is 24.7. The van der Waals surface area contributed by atoms with Crippen molar-refractivity contribution >= 4 is 21.8 Å². The van der Waals surface area contributed by atoms with Gasteiger partial charge in [0, 0.05) is 19.1 Å². The highest BCUT2D eigenvalue weighted by Gasteiger charge is 2.27. The molecule has 0 radical (unpaired) electrons. The van der Waals surface area contributed by atoms with Crippen molar-refractivity contribution in [2.24, 2.45) is 11.5 Å². The number of rotatable bonds is 5. The maximum atomic E-state index is 11.9. The molecule has 1 rings (SSSR count). The predicted octanol–water partition coefficient (Wildman–Crippen LogP) is -2.27. The van der Waals surface area contributed by atoms with Crippen molar-refractivity contribution in [2.75, 3.05) is 19.3 Å². The normalized spacial score (nSPS) is 19.2. The van der Waals surface area contributed by atoms with Gasteiger partial charge in [-0.3, -0.25) is 9.59 Å². The number of nitrogens with two attached hydrogens (primary N) is 2. The third-order valence-corrected chi connectivity index (χ3v) is 3.69. The van der Waals surface area contributed by atoms with E-state index in [4.69, 9.17) is 11.5 Å². The van der Waals surface area contributed by atoms with Crippen LogP contribution in [-0.2, 0) is 19.6 Å². The first-order valence-corrected chi connectivity index (χ1v) is 7.88. The van der Waals surface area contributed by atoms with Gasteiger partial charge in [0.2, 0.25) is 21.8 Å². The maximum absolute atomic E-state index is 11.9. The van der Waals surface area contributed by atoms with Crippen molar-refractivity contribution in [1.82, 2.24) is 9.62 Å². The van der Waals surface area contributed by atoms with Gasteiger partial charge in [0.15, 0.2) is 0 Å². The molecule has 0 spiro atoms. The average molecular weight is 292 g/mol. The Morgan fingerprint density at radius 3 is 2.32 bits per heavy atom. The summed E-state index contributed by atoms with van der Waals surface area (Å²) >= 11 is 0. The van der Waals surface area contributed by atoms with Gasteiger partial charge < -0.3 is 16.4 Å². The predicted molar refractivity (Wildman–Crippen MR) is 69.4 cm³/mol. The number of nitrogens with zero attached hydrogens (tertiary/aromatic N) is 1. The number of carbonyl (C=O) groups is 2. The molecule has 1 heterocycles. The summed E-state index contributed by atoms with van der Waals surface area (Å²) in [5, 5.41) is 0. The zero-order chi connectivity index (χ0) is 14.6. The molecule has 1 aliphatic rings. The van der Waals surface area contributed by atoms with E-state index in [-0.39, 0.29) is 18.4 Å². The van der Waals surface area contributed by atoms with Crippen LogP contribution in [-0.4, -0.2) is 56.6 Å².